The van der Waals surface area contributed by atoms with Gasteiger partial charge in [-0.05, 0) is 42.5 Å². The Balaban J connectivity index is 2.30. The van der Waals surface area contributed by atoms with Gasteiger partial charge in [0.15, 0.2) is 10.8 Å². The van der Waals surface area contributed by atoms with Crippen LogP contribution in [0, 0.1) is 0 Å². The highest BCUT2D eigenvalue weighted by Gasteiger charge is 2.37. The fraction of sp³-hybridized carbons (Fsp3) is 0.133. The van der Waals surface area contributed by atoms with Crippen LogP contribution in [0.25, 0.3) is 0 Å². The second kappa shape index (κ2) is 7.56. The quantitative estimate of drug-likeness (QED) is 0.740. The fourth-order valence-corrected chi connectivity index (χ4v) is 3.75. The fourth-order valence-electron chi connectivity index (χ4n) is 2.02. The van der Waals surface area contributed by atoms with Crippen LogP contribution in [0.1, 0.15) is 10.4 Å². The number of carboxylic acids is 1. The van der Waals surface area contributed by atoms with E-state index in [1.165, 1.54) is 7.11 Å². The molecule has 1 unspecified atom stereocenters. The van der Waals surface area contributed by atoms with E-state index in [0.717, 1.165) is 42.5 Å². The van der Waals surface area contributed by atoms with Crippen molar-refractivity contribution in [2.75, 3.05) is 11.8 Å². The Morgan fingerprint density at radius 1 is 1.15 bits per heavy atom. The average molecular weight is 423 g/mol. The van der Waals surface area contributed by atoms with E-state index in [2.05, 4.69) is 4.72 Å². The number of aromatic carboxylic acids is 1. The molecule has 0 heterocycles. The van der Waals surface area contributed by atoms with E-state index in [9.17, 15) is 30.6 Å². The summed E-state index contributed by atoms with van der Waals surface area (Å²) in [5, 5.41) is 9.11. The average Bonchev–Trinajstić information content (AvgIpc) is 2.60. The van der Waals surface area contributed by atoms with Crippen LogP contribution in [0.3, 0.4) is 0 Å². The number of methoxy groups -OCH3 is 1. The number of benzene rings is 2. The van der Waals surface area contributed by atoms with Crippen molar-refractivity contribution in [2.45, 2.75) is 15.3 Å². The molecule has 0 bridgehead atoms. The standard InChI is InChI=1S/C15H12F3NO6S2/c1-25-13-7-6-11(8-12(13)14(20)21)27(23,24)19-9-2-4-10(5-3-9)26(22)15(16,17)18/h2-8,19H,1H3,(H,20,21). The molecule has 0 spiro atoms. The van der Waals surface area contributed by atoms with Crippen molar-refractivity contribution in [1.29, 1.82) is 0 Å². The lowest BCUT2D eigenvalue weighted by molar-refractivity contribution is -0.0384. The van der Waals surface area contributed by atoms with Crippen molar-refractivity contribution >= 4 is 32.5 Å². The van der Waals surface area contributed by atoms with Crippen LogP contribution in [0.4, 0.5) is 18.9 Å². The Morgan fingerprint density at radius 3 is 2.22 bits per heavy atom. The molecule has 2 N–H and O–H groups in total. The molecule has 0 aliphatic carbocycles. The predicted molar refractivity (Wildman–Crippen MR) is 89.7 cm³/mol. The van der Waals surface area contributed by atoms with Gasteiger partial charge in [-0.15, -0.1) is 0 Å². The van der Waals surface area contributed by atoms with Crippen molar-refractivity contribution in [3.05, 3.63) is 48.0 Å². The number of carbonyl (C=O) groups is 1. The molecule has 0 aliphatic heterocycles. The molecule has 0 aliphatic rings. The highest BCUT2D eigenvalue weighted by Crippen LogP contribution is 2.28. The summed E-state index contributed by atoms with van der Waals surface area (Å²) in [6.07, 6.45) is 0. The number of nitrogens with one attached hydrogen (secondary N) is 1. The third-order valence-electron chi connectivity index (χ3n) is 3.24. The minimum atomic E-state index is -4.93. The number of alkyl halides is 3. The van der Waals surface area contributed by atoms with Crippen LogP contribution in [-0.2, 0) is 20.8 Å². The number of carboxylic acid groups (broad SMARTS) is 1. The molecule has 12 heteroatoms. The smallest absolute Gasteiger partial charge is 0.475 e. The van der Waals surface area contributed by atoms with Gasteiger partial charge in [0, 0.05) is 10.6 Å². The highest BCUT2D eigenvalue weighted by molar-refractivity contribution is 7.92. The van der Waals surface area contributed by atoms with E-state index in [1.54, 1.807) is 0 Å². The molecule has 2 aromatic rings. The molecule has 0 radical (unpaired) electrons. The molecule has 0 aromatic heterocycles. The molecule has 0 fully saturated rings. The molecule has 7 nitrogen and oxygen atoms in total. The maximum atomic E-state index is 12.4. The van der Waals surface area contributed by atoms with Crippen molar-refractivity contribution < 1.29 is 40.4 Å². The molecule has 0 saturated carbocycles. The Morgan fingerprint density at radius 2 is 1.74 bits per heavy atom. The van der Waals surface area contributed by atoms with E-state index in [-0.39, 0.29) is 21.9 Å². The number of anilines is 1. The first-order valence-corrected chi connectivity index (χ1v) is 9.62. The van der Waals surface area contributed by atoms with Gasteiger partial charge in [-0.2, -0.15) is 13.2 Å². The highest BCUT2D eigenvalue weighted by atomic mass is 32.2. The Kier molecular flexibility index (Phi) is 5.80. The predicted octanol–water partition coefficient (Wildman–Crippen LogP) is 2.82. The number of hydrogen-bond donors (Lipinski definition) is 2. The second-order valence-corrected chi connectivity index (χ2v) is 8.17. The third-order valence-corrected chi connectivity index (χ3v) is 5.74. The normalized spacial score (nSPS) is 13.0. The zero-order valence-corrected chi connectivity index (χ0v) is 15.1. The number of hydrogen-bond acceptors (Lipinski definition) is 5. The lowest BCUT2D eigenvalue weighted by Gasteiger charge is -2.11. The molecule has 0 saturated heterocycles. The molecule has 2 aromatic carbocycles. The van der Waals surface area contributed by atoms with E-state index >= 15 is 0 Å². The van der Waals surface area contributed by atoms with Crippen LogP contribution in [0.2, 0.25) is 0 Å². The summed E-state index contributed by atoms with van der Waals surface area (Å²) in [5.74, 6) is -1.44. The minimum absolute atomic E-state index is 0.0413. The second-order valence-electron chi connectivity index (χ2n) is 5.01. The summed E-state index contributed by atoms with van der Waals surface area (Å²) in [6, 6.07) is 6.93. The van der Waals surface area contributed by atoms with Crippen LogP contribution >= 0.6 is 0 Å². The molecule has 146 valence electrons. The van der Waals surface area contributed by atoms with E-state index in [4.69, 9.17) is 9.84 Å². The summed E-state index contributed by atoms with van der Waals surface area (Å²) in [7, 11) is -6.24. The van der Waals surface area contributed by atoms with Gasteiger partial charge in [-0.3, -0.25) is 4.72 Å². The molecular formula is C15H12F3NO6S2. The summed E-state index contributed by atoms with van der Waals surface area (Å²) >= 11 is 0. The monoisotopic (exact) mass is 423 g/mol. The molecule has 1 atom stereocenters. The van der Waals surface area contributed by atoms with Crippen molar-refractivity contribution in [3.63, 3.8) is 0 Å². The Labute approximate surface area is 154 Å². The number of ether oxygens (including phenoxy) is 1. The van der Waals surface area contributed by atoms with Gasteiger partial charge in [0.2, 0.25) is 0 Å². The lowest BCUT2D eigenvalue weighted by atomic mass is 10.2. The van der Waals surface area contributed by atoms with Crippen molar-refractivity contribution in [2.24, 2.45) is 0 Å². The SMILES string of the molecule is COc1ccc(S(=O)(=O)Nc2ccc(S(=O)C(F)(F)F)cc2)cc1C(=O)O. The molecule has 0 amide bonds. The number of sulfonamides is 1. The summed E-state index contributed by atoms with van der Waals surface area (Å²) in [6.45, 7) is 0. The largest absolute Gasteiger partial charge is 0.496 e. The first kappa shape index (κ1) is 20.7. The summed E-state index contributed by atoms with van der Waals surface area (Å²) in [5.41, 5.74) is -5.40. The maximum absolute atomic E-state index is 12.4. The van der Waals surface area contributed by atoms with Crippen LogP contribution in [0.5, 0.6) is 5.75 Å². The van der Waals surface area contributed by atoms with Crippen molar-refractivity contribution in [1.82, 2.24) is 0 Å². The topological polar surface area (TPSA) is 110 Å². The third kappa shape index (κ3) is 4.77. The Bertz CT molecular complexity index is 988. The lowest BCUT2D eigenvalue weighted by Crippen LogP contribution is -2.16. The van der Waals surface area contributed by atoms with Crippen molar-refractivity contribution in [3.8, 4) is 5.75 Å². The number of halogens is 3. The van der Waals surface area contributed by atoms with Gasteiger partial charge in [0.05, 0.1) is 12.0 Å². The molecule has 2 rings (SSSR count). The zero-order valence-electron chi connectivity index (χ0n) is 13.5. The first-order valence-electron chi connectivity index (χ1n) is 6.98. The van der Waals surface area contributed by atoms with Gasteiger partial charge in [0.25, 0.3) is 10.0 Å². The van der Waals surface area contributed by atoms with Gasteiger partial charge in [0.1, 0.15) is 11.3 Å². The van der Waals surface area contributed by atoms with Gasteiger partial charge >= 0.3 is 11.5 Å². The summed E-state index contributed by atoms with van der Waals surface area (Å²) in [4.78, 5) is 10.3. The molecule has 27 heavy (non-hydrogen) atoms. The molecular weight excluding hydrogens is 411 g/mol. The van der Waals surface area contributed by atoms with Gasteiger partial charge in [-0.25, -0.2) is 17.4 Å². The Hall–Kier alpha value is -2.60. The van der Waals surface area contributed by atoms with E-state index in [0.29, 0.717) is 0 Å². The zero-order chi connectivity index (χ0) is 20.4. The summed E-state index contributed by atoms with van der Waals surface area (Å²) < 4.78 is 80.2. The maximum Gasteiger partial charge on any atom is 0.475 e. The number of rotatable bonds is 6. The van der Waals surface area contributed by atoms with Crippen LogP contribution < -0.4 is 9.46 Å². The van der Waals surface area contributed by atoms with E-state index < -0.39 is 37.2 Å². The first-order chi connectivity index (χ1) is 12.5. The van der Waals surface area contributed by atoms with Crippen LogP contribution in [0.15, 0.2) is 52.3 Å². The van der Waals surface area contributed by atoms with E-state index in [1.807, 2.05) is 0 Å². The van der Waals surface area contributed by atoms with Gasteiger partial charge in [-0.1, -0.05) is 0 Å². The van der Waals surface area contributed by atoms with Crippen LogP contribution in [-0.4, -0.2) is 36.3 Å². The minimum Gasteiger partial charge on any atom is -0.496 e. The van der Waals surface area contributed by atoms with Gasteiger partial charge < -0.3 is 9.84 Å².